The number of benzene rings is 1. The van der Waals surface area contributed by atoms with E-state index < -0.39 is 11.7 Å². The third-order valence-corrected chi connectivity index (χ3v) is 3.80. The molecule has 0 aliphatic carbocycles. The van der Waals surface area contributed by atoms with Crippen LogP contribution in [0.15, 0.2) is 23.6 Å². The molecule has 1 heterocycles. The lowest BCUT2D eigenvalue weighted by Gasteiger charge is -2.13. The molecule has 2 rings (SSSR count). The second kappa shape index (κ2) is 4.31. The van der Waals surface area contributed by atoms with Crippen molar-refractivity contribution in [2.45, 2.75) is 19.1 Å². The van der Waals surface area contributed by atoms with Crippen LogP contribution >= 0.6 is 11.3 Å². The van der Waals surface area contributed by atoms with Gasteiger partial charge in [-0.15, -0.1) is 11.3 Å². The summed E-state index contributed by atoms with van der Waals surface area (Å²) in [6.45, 7) is 1.86. The van der Waals surface area contributed by atoms with Gasteiger partial charge in [-0.1, -0.05) is 6.07 Å². The Labute approximate surface area is 101 Å². The summed E-state index contributed by atoms with van der Waals surface area (Å²) in [5, 5.41) is 5.10. The molecule has 1 N–H and O–H groups in total. The summed E-state index contributed by atoms with van der Waals surface area (Å²) in [5.74, 6) is 0. The molecule has 5 heteroatoms. The summed E-state index contributed by atoms with van der Waals surface area (Å²) in [7, 11) is 1.74. The molecular weight excluding hydrogens is 247 g/mol. The number of hydrogen-bond donors (Lipinski definition) is 1. The van der Waals surface area contributed by atoms with Crippen LogP contribution in [-0.2, 0) is 6.18 Å². The van der Waals surface area contributed by atoms with E-state index in [0.717, 1.165) is 6.07 Å². The Balaban J connectivity index is 2.72. The van der Waals surface area contributed by atoms with Gasteiger partial charge in [0.25, 0.3) is 0 Å². The number of rotatable bonds is 2. The van der Waals surface area contributed by atoms with Crippen molar-refractivity contribution in [1.82, 2.24) is 5.32 Å². The number of hydrogen-bond acceptors (Lipinski definition) is 2. The zero-order valence-electron chi connectivity index (χ0n) is 9.43. The fraction of sp³-hybridized carbons (Fsp3) is 0.333. The van der Waals surface area contributed by atoms with Crippen molar-refractivity contribution >= 4 is 21.4 Å². The quantitative estimate of drug-likeness (QED) is 0.852. The Hall–Kier alpha value is -1.07. The summed E-state index contributed by atoms with van der Waals surface area (Å²) in [6, 6.07) is 4.23. The predicted molar refractivity (Wildman–Crippen MR) is 64.3 cm³/mol. The molecule has 0 radical (unpaired) electrons. The zero-order chi connectivity index (χ0) is 12.6. The second-order valence-electron chi connectivity index (χ2n) is 3.88. The molecule has 0 aliphatic rings. The van der Waals surface area contributed by atoms with Crippen LogP contribution in [0.3, 0.4) is 0 Å². The van der Waals surface area contributed by atoms with E-state index in [-0.39, 0.29) is 6.04 Å². The van der Waals surface area contributed by atoms with Crippen molar-refractivity contribution in [3.05, 3.63) is 34.7 Å². The van der Waals surface area contributed by atoms with Gasteiger partial charge in [-0.05, 0) is 37.0 Å². The van der Waals surface area contributed by atoms with Gasteiger partial charge in [-0.3, -0.25) is 0 Å². The van der Waals surface area contributed by atoms with Crippen molar-refractivity contribution in [3.8, 4) is 0 Å². The summed E-state index contributed by atoms with van der Waals surface area (Å²) in [6.07, 6.45) is -4.30. The molecule has 1 aromatic carbocycles. The number of alkyl halides is 3. The van der Waals surface area contributed by atoms with Crippen molar-refractivity contribution in [3.63, 3.8) is 0 Å². The molecule has 1 aromatic heterocycles. The van der Waals surface area contributed by atoms with Gasteiger partial charge in [-0.25, -0.2) is 0 Å². The van der Waals surface area contributed by atoms with Crippen molar-refractivity contribution < 1.29 is 13.2 Å². The van der Waals surface area contributed by atoms with E-state index in [1.54, 1.807) is 18.5 Å². The van der Waals surface area contributed by atoms with Crippen LogP contribution in [0.1, 0.15) is 24.1 Å². The largest absolute Gasteiger partial charge is 0.417 e. The minimum Gasteiger partial charge on any atom is -0.313 e. The van der Waals surface area contributed by atoms with Crippen molar-refractivity contribution in [2.24, 2.45) is 0 Å². The normalized spacial score (nSPS) is 14.2. The van der Waals surface area contributed by atoms with E-state index in [4.69, 9.17) is 0 Å². The van der Waals surface area contributed by atoms with E-state index in [9.17, 15) is 13.2 Å². The average Bonchev–Trinajstić information content (AvgIpc) is 2.70. The average molecular weight is 259 g/mol. The lowest BCUT2D eigenvalue weighted by Crippen LogP contribution is -2.13. The number of thiophene rings is 1. The van der Waals surface area contributed by atoms with E-state index in [1.807, 2.05) is 6.92 Å². The Kier molecular flexibility index (Phi) is 3.14. The fourth-order valence-corrected chi connectivity index (χ4v) is 2.90. The molecular formula is C12H12F3NS. The van der Waals surface area contributed by atoms with Crippen molar-refractivity contribution in [2.75, 3.05) is 7.05 Å². The first-order chi connectivity index (χ1) is 7.95. The minimum atomic E-state index is -4.30. The highest BCUT2D eigenvalue weighted by atomic mass is 32.1. The molecule has 0 bridgehead atoms. The van der Waals surface area contributed by atoms with E-state index in [1.165, 1.54) is 17.4 Å². The number of halogens is 3. The van der Waals surface area contributed by atoms with Crippen molar-refractivity contribution in [1.29, 1.82) is 0 Å². The lowest BCUT2D eigenvalue weighted by atomic mass is 10.0. The summed E-state index contributed by atoms with van der Waals surface area (Å²) in [4.78, 5) is 0. The highest BCUT2D eigenvalue weighted by Crippen LogP contribution is 2.40. The molecule has 0 amide bonds. The monoisotopic (exact) mass is 259 g/mol. The highest BCUT2D eigenvalue weighted by Gasteiger charge is 2.33. The van der Waals surface area contributed by atoms with Gasteiger partial charge in [0, 0.05) is 16.1 Å². The van der Waals surface area contributed by atoms with Gasteiger partial charge >= 0.3 is 6.18 Å². The van der Waals surface area contributed by atoms with Gasteiger partial charge in [-0.2, -0.15) is 13.2 Å². The van der Waals surface area contributed by atoms with Gasteiger partial charge < -0.3 is 5.32 Å². The zero-order valence-corrected chi connectivity index (χ0v) is 10.2. The van der Waals surface area contributed by atoms with Gasteiger partial charge in [0.2, 0.25) is 0 Å². The van der Waals surface area contributed by atoms with Gasteiger partial charge in [0.1, 0.15) is 0 Å². The predicted octanol–water partition coefficient (Wildman–Crippen LogP) is 4.20. The SMILES string of the molecule is CNC(C)c1csc2cccc(C(F)(F)F)c12. The lowest BCUT2D eigenvalue weighted by molar-refractivity contribution is -0.136. The molecule has 1 unspecified atom stereocenters. The maximum Gasteiger partial charge on any atom is 0.417 e. The molecule has 2 aromatic rings. The molecule has 0 fully saturated rings. The first-order valence-corrected chi connectivity index (χ1v) is 6.07. The van der Waals surface area contributed by atoms with Crippen LogP contribution in [0.2, 0.25) is 0 Å². The maximum atomic E-state index is 12.9. The smallest absolute Gasteiger partial charge is 0.313 e. The van der Waals surface area contributed by atoms with Crippen LogP contribution in [0.4, 0.5) is 13.2 Å². The third kappa shape index (κ3) is 2.17. The summed E-state index contributed by atoms with van der Waals surface area (Å²) < 4.78 is 39.5. The van der Waals surface area contributed by atoms with E-state index >= 15 is 0 Å². The second-order valence-corrected chi connectivity index (χ2v) is 4.79. The molecule has 17 heavy (non-hydrogen) atoms. The van der Waals surface area contributed by atoms with Crippen LogP contribution in [0.5, 0.6) is 0 Å². The molecule has 1 nitrogen and oxygen atoms in total. The maximum absolute atomic E-state index is 12.9. The highest BCUT2D eigenvalue weighted by molar-refractivity contribution is 7.17. The molecule has 0 saturated heterocycles. The number of nitrogens with one attached hydrogen (secondary N) is 1. The Bertz CT molecular complexity index is 530. The first-order valence-electron chi connectivity index (χ1n) is 5.19. The minimum absolute atomic E-state index is 0.0905. The van der Waals surface area contributed by atoms with E-state index in [2.05, 4.69) is 5.32 Å². The summed E-state index contributed by atoms with van der Waals surface area (Å²) >= 11 is 1.35. The van der Waals surface area contributed by atoms with Crippen LogP contribution < -0.4 is 5.32 Å². The Morgan fingerprint density at radius 1 is 1.29 bits per heavy atom. The molecule has 0 spiro atoms. The standard InChI is InChI=1S/C12H12F3NS/c1-7(16-2)8-6-17-10-5-3-4-9(11(8)10)12(13,14)15/h3-7,16H,1-2H3. The van der Waals surface area contributed by atoms with E-state index in [0.29, 0.717) is 15.6 Å². The van der Waals surface area contributed by atoms with Crippen LogP contribution in [0.25, 0.3) is 10.1 Å². The van der Waals surface area contributed by atoms with Gasteiger partial charge in [0.15, 0.2) is 0 Å². The molecule has 1 atom stereocenters. The molecule has 0 saturated carbocycles. The summed E-state index contributed by atoms with van der Waals surface area (Å²) in [5.41, 5.74) is 0.161. The Morgan fingerprint density at radius 3 is 2.59 bits per heavy atom. The van der Waals surface area contributed by atoms with Crippen LogP contribution in [0, 0.1) is 0 Å². The Morgan fingerprint density at radius 2 is 2.00 bits per heavy atom. The topological polar surface area (TPSA) is 12.0 Å². The molecule has 0 aliphatic heterocycles. The first kappa shape index (κ1) is 12.4. The number of fused-ring (bicyclic) bond motifs is 1. The fourth-order valence-electron chi connectivity index (χ4n) is 1.82. The molecule has 92 valence electrons. The van der Waals surface area contributed by atoms with Crippen LogP contribution in [-0.4, -0.2) is 7.05 Å². The third-order valence-electron chi connectivity index (χ3n) is 2.83. The van der Waals surface area contributed by atoms with Gasteiger partial charge in [0.05, 0.1) is 5.56 Å².